The van der Waals surface area contributed by atoms with Gasteiger partial charge in [0.15, 0.2) is 0 Å². The first kappa shape index (κ1) is 11.7. The van der Waals surface area contributed by atoms with E-state index in [9.17, 15) is 0 Å². The van der Waals surface area contributed by atoms with Crippen LogP contribution in [0.2, 0.25) is 0 Å². The molecule has 0 aliphatic heterocycles. The van der Waals surface area contributed by atoms with E-state index in [1.165, 1.54) is 4.88 Å². The van der Waals surface area contributed by atoms with Crippen LogP contribution in [0, 0.1) is 0 Å². The first-order chi connectivity index (χ1) is 6.68. The highest BCUT2D eigenvalue weighted by Crippen LogP contribution is 2.12. The highest BCUT2D eigenvalue weighted by molar-refractivity contribution is 7.09. The normalized spacial score (nSPS) is 13.4. The van der Waals surface area contributed by atoms with Crippen LogP contribution in [0.3, 0.4) is 0 Å². The second-order valence-electron chi connectivity index (χ2n) is 3.97. The molecule has 1 aromatic heterocycles. The fraction of sp³-hybridized carbons (Fsp3) is 0.636. The first-order valence-electron chi connectivity index (χ1n) is 5.11. The van der Waals surface area contributed by atoms with E-state index in [1.807, 2.05) is 11.3 Å². The van der Waals surface area contributed by atoms with Gasteiger partial charge in [0, 0.05) is 10.9 Å². The van der Waals surface area contributed by atoms with Crippen molar-refractivity contribution >= 4 is 11.3 Å². The molecule has 1 rings (SSSR count). The maximum absolute atomic E-state index is 6.02. The minimum Gasteiger partial charge on any atom is -0.328 e. The third-order valence-corrected chi connectivity index (χ3v) is 3.22. The van der Waals surface area contributed by atoms with Crippen LogP contribution < -0.4 is 5.73 Å². The Labute approximate surface area is 90.7 Å². The highest BCUT2D eigenvalue weighted by atomic mass is 32.1. The molecule has 0 amide bonds. The topological polar surface area (TPSA) is 29.3 Å². The Kier molecular flexibility index (Phi) is 5.15. The number of aryl methyl sites for hydroxylation is 1. The summed E-state index contributed by atoms with van der Waals surface area (Å²) in [6, 6.07) is 4.63. The molecule has 0 saturated carbocycles. The Balaban J connectivity index is 2.12. The van der Waals surface area contributed by atoms with E-state index in [0.717, 1.165) is 25.8 Å². The van der Waals surface area contributed by atoms with E-state index < -0.39 is 0 Å². The van der Waals surface area contributed by atoms with E-state index in [2.05, 4.69) is 36.5 Å². The van der Waals surface area contributed by atoms with Crippen molar-refractivity contribution in [1.82, 2.24) is 4.90 Å². The Bertz CT molecular complexity index is 231. The molecule has 0 radical (unpaired) electrons. The zero-order chi connectivity index (χ0) is 10.4. The SMILES string of the molecule is CN(C)CCC(N)CCc1cccs1. The number of rotatable bonds is 6. The molecular formula is C11H20N2S. The lowest BCUT2D eigenvalue weighted by atomic mass is 10.1. The maximum atomic E-state index is 6.02. The summed E-state index contributed by atoms with van der Waals surface area (Å²) in [4.78, 5) is 3.63. The molecule has 1 heterocycles. The molecule has 1 unspecified atom stereocenters. The van der Waals surface area contributed by atoms with E-state index in [0.29, 0.717) is 6.04 Å². The number of nitrogens with zero attached hydrogens (tertiary/aromatic N) is 1. The number of thiophene rings is 1. The van der Waals surface area contributed by atoms with Gasteiger partial charge in [-0.2, -0.15) is 0 Å². The molecule has 0 fully saturated rings. The molecule has 2 N–H and O–H groups in total. The summed E-state index contributed by atoms with van der Waals surface area (Å²) in [6.07, 6.45) is 3.33. The monoisotopic (exact) mass is 212 g/mol. The fourth-order valence-electron chi connectivity index (χ4n) is 1.35. The third kappa shape index (κ3) is 4.74. The summed E-state index contributed by atoms with van der Waals surface area (Å²) in [6.45, 7) is 1.09. The Hall–Kier alpha value is -0.380. The molecule has 0 aromatic carbocycles. The third-order valence-electron chi connectivity index (χ3n) is 2.29. The predicted molar refractivity (Wildman–Crippen MR) is 63.8 cm³/mol. The molecule has 0 aliphatic carbocycles. The molecule has 0 saturated heterocycles. The molecule has 1 atom stereocenters. The van der Waals surface area contributed by atoms with Gasteiger partial charge in [-0.05, 0) is 51.3 Å². The minimum absolute atomic E-state index is 0.347. The van der Waals surface area contributed by atoms with Crippen molar-refractivity contribution in [2.45, 2.75) is 25.3 Å². The summed E-state index contributed by atoms with van der Waals surface area (Å²) in [5, 5.41) is 2.13. The molecule has 3 heteroatoms. The van der Waals surface area contributed by atoms with Gasteiger partial charge >= 0.3 is 0 Å². The predicted octanol–water partition coefficient (Wildman–Crippen LogP) is 1.96. The van der Waals surface area contributed by atoms with E-state index in [4.69, 9.17) is 5.73 Å². The van der Waals surface area contributed by atoms with Crippen LogP contribution in [-0.4, -0.2) is 31.6 Å². The van der Waals surface area contributed by atoms with Gasteiger partial charge in [-0.3, -0.25) is 0 Å². The van der Waals surface area contributed by atoms with Gasteiger partial charge in [0.05, 0.1) is 0 Å². The molecule has 2 nitrogen and oxygen atoms in total. The van der Waals surface area contributed by atoms with Gasteiger partial charge < -0.3 is 10.6 Å². The van der Waals surface area contributed by atoms with Crippen molar-refractivity contribution in [2.24, 2.45) is 5.73 Å². The minimum atomic E-state index is 0.347. The molecule has 0 spiro atoms. The van der Waals surface area contributed by atoms with Gasteiger partial charge in [0.25, 0.3) is 0 Å². The van der Waals surface area contributed by atoms with Crippen molar-refractivity contribution in [3.8, 4) is 0 Å². The van der Waals surface area contributed by atoms with Gasteiger partial charge in [-0.1, -0.05) is 6.07 Å². The zero-order valence-corrected chi connectivity index (χ0v) is 9.89. The number of hydrogen-bond donors (Lipinski definition) is 1. The molecule has 0 aliphatic rings. The molecule has 14 heavy (non-hydrogen) atoms. The van der Waals surface area contributed by atoms with Crippen molar-refractivity contribution < 1.29 is 0 Å². The quantitative estimate of drug-likeness (QED) is 0.781. The molecule has 1 aromatic rings. The summed E-state index contributed by atoms with van der Waals surface area (Å²) < 4.78 is 0. The van der Waals surface area contributed by atoms with Crippen LogP contribution in [0.1, 0.15) is 17.7 Å². The van der Waals surface area contributed by atoms with Crippen molar-refractivity contribution in [3.05, 3.63) is 22.4 Å². The Morgan fingerprint density at radius 2 is 2.21 bits per heavy atom. The zero-order valence-electron chi connectivity index (χ0n) is 9.07. The van der Waals surface area contributed by atoms with E-state index in [-0.39, 0.29) is 0 Å². The lowest BCUT2D eigenvalue weighted by Gasteiger charge is -2.14. The van der Waals surface area contributed by atoms with Crippen LogP contribution in [0.15, 0.2) is 17.5 Å². The van der Waals surface area contributed by atoms with E-state index in [1.54, 1.807) is 0 Å². The summed E-state index contributed by atoms with van der Waals surface area (Å²) >= 11 is 1.82. The average molecular weight is 212 g/mol. The van der Waals surface area contributed by atoms with Crippen molar-refractivity contribution in [2.75, 3.05) is 20.6 Å². The van der Waals surface area contributed by atoms with Crippen LogP contribution in [-0.2, 0) is 6.42 Å². The van der Waals surface area contributed by atoms with Crippen LogP contribution >= 0.6 is 11.3 Å². The summed E-state index contributed by atoms with van der Waals surface area (Å²) in [5.74, 6) is 0. The molecular weight excluding hydrogens is 192 g/mol. The highest BCUT2D eigenvalue weighted by Gasteiger charge is 2.04. The second kappa shape index (κ2) is 6.17. The fourth-order valence-corrected chi connectivity index (χ4v) is 2.08. The van der Waals surface area contributed by atoms with E-state index >= 15 is 0 Å². The van der Waals surface area contributed by atoms with Crippen LogP contribution in [0.25, 0.3) is 0 Å². The van der Waals surface area contributed by atoms with Crippen LogP contribution in [0.4, 0.5) is 0 Å². The smallest absolute Gasteiger partial charge is 0.00544 e. The number of hydrogen-bond acceptors (Lipinski definition) is 3. The van der Waals surface area contributed by atoms with Crippen molar-refractivity contribution in [1.29, 1.82) is 0 Å². The average Bonchev–Trinajstić information content (AvgIpc) is 2.63. The van der Waals surface area contributed by atoms with Gasteiger partial charge in [-0.15, -0.1) is 11.3 Å². The Morgan fingerprint density at radius 3 is 2.79 bits per heavy atom. The largest absolute Gasteiger partial charge is 0.328 e. The molecule has 80 valence electrons. The lowest BCUT2D eigenvalue weighted by molar-refractivity contribution is 0.375. The van der Waals surface area contributed by atoms with Crippen molar-refractivity contribution in [3.63, 3.8) is 0 Å². The van der Waals surface area contributed by atoms with Crippen LogP contribution in [0.5, 0.6) is 0 Å². The number of nitrogens with two attached hydrogens (primary N) is 1. The summed E-state index contributed by atoms with van der Waals surface area (Å²) in [7, 11) is 4.18. The van der Waals surface area contributed by atoms with Gasteiger partial charge in [0.1, 0.15) is 0 Å². The van der Waals surface area contributed by atoms with Gasteiger partial charge in [0.2, 0.25) is 0 Å². The summed E-state index contributed by atoms with van der Waals surface area (Å²) in [5.41, 5.74) is 6.02. The second-order valence-corrected chi connectivity index (χ2v) is 5.00. The standard InChI is InChI=1S/C11H20N2S/c1-13(2)8-7-10(12)5-6-11-4-3-9-14-11/h3-4,9-10H,5-8,12H2,1-2H3. The first-order valence-corrected chi connectivity index (χ1v) is 5.99. The lowest BCUT2D eigenvalue weighted by Crippen LogP contribution is -2.26. The van der Waals surface area contributed by atoms with Gasteiger partial charge in [-0.25, -0.2) is 0 Å². The Morgan fingerprint density at radius 1 is 1.43 bits per heavy atom. The molecule has 0 bridgehead atoms. The maximum Gasteiger partial charge on any atom is 0.00544 e.